The van der Waals surface area contributed by atoms with Crippen LogP contribution in [0.5, 0.6) is 0 Å². The van der Waals surface area contributed by atoms with Gasteiger partial charge < -0.3 is 19.2 Å². The number of carbonyl (C=O) groups excluding carboxylic acids is 1. The molecule has 0 saturated carbocycles. The fraction of sp³-hybridized carbons (Fsp3) is 0.296. The maximum Gasteiger partial charge on any atom is 0.407 e. The number of hydrogen-bond donors (Lipinski definition) is 1. The predicted octanol–water partition coefficient (Wildman–Crippen LogP) is 7.26. The third-order valence-corrected chi connectivity index (χ3v) is 5.04. The van der Waals surface area contributed by atoms with E-state index >= 15 is 4.39 Å². The van der Waals surface area contributed by atoms with E-state index < -0.39 is 17.5 Å². The molecule has 0 radical (unpaired) electrons. The number of furan rings is 1. The number of ether oxygens (including phenoxy) is 2. The molecule has 0 aliphatic rings. The van der Waals surface area contributed by atoms with Crippen molar-refractivity contribution in [2.24, 2.45) is 0 Å². The van der Waals surface area contributed by atoms with Gasteiger partial charge in [0.2, 0.25) is 0 Å². The minimum Gasteiger partial charge on any atom is -0.489 e. The van der Waals surface area contributed by atoms with Gasteiger partial charge in [0.05, 0.1) is 6.26 Å². The molecule has 33 heavy (non-hydrogen) atoms. The Morgan fingerprint density at radius 1 is 1.15 bits per heavy atom. The number of nitrogens with one attached hydrogen (secondary N) is 1. The van der Waals surface area contributed by atoms with Gasteiger partial charge >= 0.3 is 6.09 Å². The van der Waals surface area contributed by atoms with E-state index in [1.807, 2.05) is 25.1 Å². The van der Waals surface area contributed by atoms with Crippen LogP contribution >= 0.6 is 0 Å². The van der Waals surface area contributed by atoms with Crippen LogP contribution in [0.4, 0.5) is 9.18 Å². The van der Waals surface area contributed by atoms with Crippen LogP contribution in [0.3, 0.4) is 0 Å². The molecule has 3 aromatic rings. The highest BCUT2D eigenvalue weighted by Crippen LogP contribution is 2.34. The fourth-order valence-electron chi connectivity index (χ4n) is 3.30. The molecule has 3 rings (SSSR count). The second-order valence-corrected chi connectivity index (χ2v) is 8.79. The minimum absolute atomic E-state index is 0.00234. The standard InChI is InChI=1S/C27H30FNO4/c1-7-17(2)18(3)32-16-19-13-20-11-12-31-25(20)23(14-19)22-10-8-9-21(24(22)28)15-29-26(30)33-27(4,5)6/h8-14H,2-3,7,15-16H2,1,4-6H3,(H,29,30). The first-order valence-electron chi connectivity index (χ1n) is 10.8. The van der Waals surface area contributed by atoms with E-state index in [-0.39, 0.29) is 13.2 Å². The minimum atomic E-state index is -0.632. The second-order valence-electron chi connectivity index (χ2n) is 8.79. The first-order chi connectivity index (χ1) is 15.6. The average molecular weight is 452 g/mol. The van der Waals surface area contributed by atoms with Gasteiger partial charge in [0, 0.05) is 28.6 Å². The zero-order valence-corrected chi connectivity index (χ0v) is 19.6. The zero-order valence-electron chi connectivity index (χ0n) is 19.6. The van der Waals surface area contributed by atoms with Crippen LogP contribution in [0.15, 0.2) is 71.6 Å². The molecule has 0 atom stereocenters. The summed E-state index contributed by atoms with van der Waals surface area (Å²) in [5.74, 6) is 0.0980. The van der Waals surface area contributed by atoms with Crippen LogP contribution in [0, 0.1) is 5.82 Å². The Morgan fingerprint density at radius 2 is 1.91 bits per heavy atom. The van der Waals surface area contributed by atoms with E-state index in [0.717, 1.165) is 22.9 Å². The summed E-state index contributed by atoms with van der Waals surface area (Å²) in [4.78, 5) is 12.0. The van der Waals surface area contributed by atoms with Crippen molar-refractivity contribution < 1.29 is 23.1 Å². The Labute approximate surface area is 193 Å². The van der Waals surface area contributed by atoms with Crippen LogP contribution in [-0.4, -0.2) is 11.7 Å². The Balaban J connectivity index is 1.88. The van der Waals surface area contributed by atoms with E-state index in [4.69, 9.17) is 13.9 Å². The topological polar surface area (TPSA) is 60.7 Å². The number of carbonyl (C=O) groups is 1. The molecule has 174 valence electrons. The molecular formula is C27H30FNO4. The summed E-state index contributed by atoms with van der Waals surface area (Å²) in [6, 6.07) is 10.7. The average Bonchev–Trinajstić information content (AvgIpc) is 3.23. The van der Waals surface area contributed by atoms with Crippen molar-refractivity contribution in [3.05, 3.63) is 84.1 Å². The number of hydrogen-bond acceptors (Lipinski definition) is 4. The lowest BCUT2D eigenvalue weighted by Crippen LogP contribution is -2.32. The summed E-state index contributed by atoms with van der Waals surface area (Å²) >= 11 is 0. The normalized spacial score (nSPS) is 11.3. The number of benzene rings is 2. The van der Waals surface area contributed by atoms with E-state index in [1.165, 1.54) is 0 Å². The first-order valence-corrected chi connectivity index (χ1v) is 10.8. The fourth-order valence-corrected chi connectivity index (χ4v) is 3.30. The predicted molar refractivity (Wildman–Crippen MR) is 128 cm³/mol. The van der Waals surface area contributed by atoms with Gasteiger partial charge in [0.1, 0.15) is 29.4 Å². The van der Waals surface area contributed by atoms with Gasteiger partial charge in [-0.05, 0) is 56.5 Å². The van der Waals surface area contributed by atoms with Crippen LogP contribution in [0.2, 0.25) is 0 Å². The van der Waals surface area contributed by atoms with E-state index in [2.05, 4.69) is 18.5 Å². The van der Waals surface area contributed by atoms with Gasteiger partial charge in [0.15, 0.2) is 0 Å². The smallest absolute Gasteiger partial charge is 0.407 e. The lowest BCUT2D eigenvalue weighted by molar-refractivity contribution is 0.0523. The second kappa shape index (κ2) is 9.94. The van der Waals surface area contributed by atoms with Crippen molar-refractivity contribution in [2.45, 2.75) is 52.9 Å². The highest BCUT2D eigenvalue weighted by molar-refractivity contribution is 5.93. The number of alkyl carbamates (subject to hydrolysis) is 1. The molecule has 2 aromatic carbocycles. The maximum absolute atomic E-state index is 15.5. The summed E-state index contributed by atoms with van der Waals surface area (Å²) in [6.07, 6.45) is 1.72. The number of halogens is 1. The molecule has 1 heterocycles. The molecule has 1 amide bonds. The third-order valence-electron chi connectivity index (χ3n) is 5.04. The number of rotatable bonds is 8. The molecule has 0 saturated heterocycles. The van der Waals surface area contributed by atoms with E-state index in [1.54, 1.807) is 45.2 Å². The Bertz CT molecular complexity index is 1190. The summed E-state index contributed by atoms with van der Waals surface area (Å²) in [7, 11) is 0. The van der Waals surface area contributed by atoms with Crippen molar-refractivity contribution in [1.29, 1.82) is 0 Å². The molecule has 0 bridgehead atoms. The van der Waals surface area contributed by atoms with Crippen LogP contribution in [0.25, 0.3) is 22.1 Å². The van der Waals surface area contributed by atoms with Crippen molar-refractivity contribution in [3.8, 4) is 11.1 Å². The highest BCUT2D eigenvalue weighted by Gasteiger charge is 2.19. The molecule has 5 nitrogen and oxygen atoms in total. The molecule has 1 N–H and O–H groups in total. The molecule has 0 fully saturated rings. The van der Waals surface area contributed by atoms with Gasteiger partial charge in [0.25, 0.3) is 0 Å². The van der Waals surface area contributed by atoms with Crippen LogP contribution in [0.1, 0.15) is 45.2 Å². The SMILES string of the molecule is C=C(CC)C(=C)OCc1cc(-c2cccc(CNC(=O)OC(C)(C)C)c2F)c2occc2c1. The quantitative estimate of drug-likeness (QED) is 0.289. The van der Waals surface area contributed by atoms with Crippen molar-refractivity contribution >= 4 is 17.1 Å². The molecule has 6 heteroatoms. The van der Waals surface area contributed by atoms with Crippen molar-refractivity contribution in [2.75, 3.05) is 0 Å². The zero-order chi connectivity index (χ0) is 24.2. The molecule has 0 aliphatic heterocycles. The summed E-state index contributed by atoms with van der Waals surface area (Å²) < 4.78 is 32.2. The summed E-state index contributed by atoms with van der Waals surface area (Å²) in [5, 5.41) is 3.44. The van der Waals surface area contributed by atoms with Gasteiger partial charge in [-0.25, -0.2) is 9.18 Å². The van der Waals surface area contributed by atoms with Crippen LogP contribution < -0.4 is 5.32 Å². The van der Waals surface area contributed by atoms with Gasteiger partial charge in [-0.3, -0.25) is 0 Å². The number of allylic oxidation sites excluding steroid dienone is 1. The molecule has 0 unspecified atom stereocenters. The summed E-state index contributed by atoms with van der Waals surface area (Å²) in [6.45, 7) is 15.4. The third kappa shape index (κ3) is 6.04. The summed E-state index contributed by atoms with van der Waals surface area (Å²) in [5.41, 5.74) is 2.94. The van der Waals surface area contributed by atoms with E-state index in [9.17, 15) is 4.79 Å². The van der Waals surface area contributed by atoms with Gasteiger partial charge in [-0.2, -0.15) is 0 Å². The molecule has 0 spiro atoms. The number of amides is 1. The molecular weight excluding hydrogens is 421 g/mol. The van der Waals surface area contributed by atoms with Crippen molar-refractivity contribution in [1.82, 2.24) is 5.32 Å². The molecule has 1 aromatic heterocycles. The largest absolute Gasteiger partial charge is 0.489 e. The van der Waals surface area contributed by atoms with Crippen LogP contribution in [-0.2, 0) is 22.6 Å². The van der Waals surface area contributed by atoms with Gasteiger partial charge in [-0.1, -0.05) is 38.3 Å². The Kier molecular flexibility index (Phi) is 7.26. The maximum atomic E-state index is 15.5. The van der Waals surface area contributed by atoms with Gasteiger partial charge in [-0.15, -0.1) is 0 Å². The lowest BCUT2D eigenvalue weighted by Gasteiger charge is -2.20. The first kappa shape index (κ1) is 24.1. The number of fused-ring (bicyclic) bond motifs is 1. The highest BCUT2D eigenvalue weighted by atomic mass is 19.1. The molecule has 0 aliphatic carbocycles. The lowest BCUT2D eigenvalue weighted by atomic mass is 9.98. The van der Waals surface area contributed by atoms with Crippen molar-refractivity contribution in [3.63, 3.8) is 0 Å². The Hall–Kier alpha value is -3.54. The Morgan fingerprint density at radius 3 is 2.61 bits per heavy atom. The monoisotopic (exact) mass is 451 g/mol. The van der Waals surface area contributed by atoms with E-state index in [0.29, 0.717) is 28.0 Å².